The van der Waals surface area contributed by atoms with Crippen LogP contribution in [0.1, 0.15) is 63.5 Å². The van der Waals surface area contributed by atoms with Crippen LogP contribution in [0.5, 0.6) is 0 Å². The van der Waals surface area contributed by atoms with E-state index in [9.17, 15) is 9.59 Å². The van der Waals surface area contributed by atoms with Crippen LogP contribution in [-0.4, -0.2) is 53.3 Å². The van der Waals surface area contributed by atoms with Crippen molar-refractivity contribution in [3.8, 4) is 0 Å². The minimum Gasteiger partial charge on any atom is -0.479 e. The van der Waals surface area contributed by atoms with Gasteiger partial charge >= 0.3 is 11.9 Å². The molecule has 1 saturated carbocycles. The number of hydrogen-bond donors (Lipinski definition) is 2. The van der Waals surface area contributed by atoms with Gasteiger partial charge in [-0.25, -0.2) is 4.79 Å². The first-order chi connectivity index (χ1) is 13.0. The smallest absolute Gasteiger partial charge is 0.337 e. The lowest BCUT2D eigenvalue weighted by atomic mass is 10.1. The van der Waals surface area contributed by atoms with Crippen LogP contribution in [0.25, 0.3) is 0 Å². The molecule has 0 radical (unpaired) electrons. The summed E-state index contributed by atoms with van der Waals surface area (Å²) >= 11 is 0. The molecule has 2 N–H and O–H groups in total. The van der Waals surface area contributed by atoms with Gasteiger partial charge in [-0.1, -0.05) is 62.4 Å². The minimum absolute atomic E-state index is 0.0885. The SMILES string of the molecule is C1CCCC1.CCOC(=O)CN1CCCC1.O=C(O)C(O)c1ccccc1. The van der Waals surface area contributed by atoms with E-state index in [4.69, 9.17) is 14.9 Å². The van der Waals surface area contributed by atoms with Crippen molar-refractivity contribution in [1.29, 1.82) is 0 Å². The van der Waals surface area contributed by atoms with Crippen LogP contribution in [0, 0.1) is 0 Å². The summed E-state index contributed by atoms with van der Waals surface area (Å²) in [5, 5.41) is 17.4. The average Bonchev–Trinajstić information content (AvgIpc) is 3.39. The highest BCUT2D eigenvalue weighted by molar-refractivity contribution is 5.73. The molecule has 1 aromatic carbocycles. The van der Waals surface area contributed by atoms with E-state index >= 15 is 0 Å². The first-order valence-electron chi connectivity index (χ1n) is 9.88. The Hall–Kier alpha value is -1.92. The fourth-order valence-corrected chi connectivity index (χ4v) is 2.99. The molecule has 1 unspecified atom stereocenters. The Morgan fingerprint density at radius 1 is 1.00 bits per heavy atom. The summed E-state index contributed by atoms with van der Waals surface area (Å²) in [5.41, 5.74) is 0.403. The number of aliphatic hydroxyl groups is 1. The van der Waals surface area contributed by atoms with Crippen LogP contribution in [0.3, 0.4) is 0 Å². The zero-order valence-corrected chi connectivity index (χ0v) is 16.3. The van der Waals surface area contributed by atoms with Gasteiger partial charge in [0.05, 0.1) is 13.2 Å². The normalized spacial score (nSPS) is 17.1. The van der Waals surface area contributed by atoms with Crippen molar-refractivity contribution in [2.45, 2.75) is 58.0 Å². The molecule has 152 valence electrons. The summed E-state index contributed by atoms with van der Waals surface area (Å²) < 4.78 is 4.82. The van der Waals surface area contributed by atoms with Crippen LogP contribution >= 0.6 is 0 Å². The number of carboxylic acid groups (broad SMARTS) is 1. The monoisotopic (exact) mass is 379 g/mol. The van der Waals surface area contributed by atoms with Gasteiger partial charge in [0.1, 0.15) is 0 Å². The number of aliphatic carboxylic acids is 1. The Morgan fingerprint density at radius 2 is 1.52 bits per heavy atom. The lowest BCUT2D eigenvalue weighted by Crippen LogP contribution is -2.28. The van der Waals surface area contributed by atoms with Crippen molar-refractivity contribution >= 4 is 11.9 Å². The number of nitrogens with zero attached hydrogens (tertiary/aromatic N) is 1. The van der Waals surface area contributed by atoms with Crippen molar-refractivity contribution < 1.29 is 24.5 Å². The highest BCUT2D eigenvalue weighted by atomic mass is 16.5. The molecule has 0 aromatic heterocycles. The lowest BCUT2D eigenvalue weighted by molar-refractivity contribution is -0.147. The van der Waals surface area contributed by atoms with Crippen LogP contribution in [0.15, 0.2) is 30.3 Å². The molecule has 3 rings (SSSR count). The lowest BCUT2D eigenvalue weighted by Gasteiger charge is -2.12. The van der Waals surface area contributed by atoms with Gasteiger partial charge in [-0.15, -0.1) is 0 Å². The number of benzene rings is 1. The molecule has 1 saturated heterocycles. The Kier molecular flexibility index (Phi) is 12.1. The first-order valence-corrected chi connectivity index (χ1v) is 9.88. The standard InChI is InChI=1S/C8H15NO2.C8H8O3.C5H10/c1-2-11-8(10)7-9-5-3-4-6-9;9-7(8(10)11)6-4-2-1-3-5-6;1-2-4-5-3-1/h2-7H2,1H3;1-5,7,9H,(H,10,11);1-5H2. The van der Waals surface area contributed by atoms with Crippen LogP contribution in [0.4, 0.5) is 0 Å². The van der Waals surface area contributed by atoms with Gasteiger partial charge in [0.2, 0.25) is 0 Å². The third-order valence-electron chi connectivity index (χ3n) is 4.46. The molecule has 0 spiro atoms. The van der Waals surface area contributed by atoms with Crippen LogP contribution in [0.2, 0.25) is 0 Å². The van der Waals surface area contributed by atoms with E-state index in [1.165, 1.54) is 44.9 Å². The second kappa shape index (κ2) is 14.2. The predicted octanol–water partition coefficient (Wildman–Crippen LogP) is 3.40. The number of rotatable bonds is 5. The van der Waals surface area contributed by atoms with E-state index in [1.54, 1.807) is 30.3 Å². The molecule has 1 aliphatic carbocycles. The average molecular weight is 379 g/mol. The molecule has 0 bridgehead atoms. The number of aliphatic hydroxyl groups excluding tert-OH is 1. The number of likely N-dealkylation sites (tertiary alicyclic amines) is 1. The fraction of sp³-hybridized carbons (Fsp3) is 0.619. The number of ether oxygens (including phenoxy) is 1. The quantitative estimate of drug-likeness (QED) is 0.763. The molecule has 0 amide bonds. The molecule has 27 heavy (non-hydrogen) atoms. The molecular formula is C21H33NO5. The van der Waals surface area contributed by atoms with Crippen molar-refractivity contribution in [3.63, 3.8) is 0 Å². The molecule has 1 aliphatic heterocycles. The van der Waals surface area contributed by atoms with E-state index in [1.807, 2.05) is 6.92 Å². The first kappa shape index (κ1) is 23.1. The number of carbonyl (C=O) groups excluding carboxylic acids is 1. The molecule has 1 atom stereocenters. The zero-order valence-electron chi connectivity index (χ0n) is 16.3. The van der Waals surface area contributed by atoms with Gasteiger partial charge in [0, 0.05) is 0 Å². The largest absolute Gasteiger partial charge is 0.479 e. The predicted molar refractivity (Wildman–Crippen MR) is 104 cm³/mol. The molecule has 1 heterocycles. The van der Waals surface area contributed by atoms with Gasteiger partial charge in [-0.2, -0.15) is 0 Å². The van der Waals surface area contributed by atoms with Gasteiger partial charge < -0.3 is 14.9 Å². The highest BCUT2D eigenvalue weighted by Crippen LogP contribution is 2.15. The topological polar surface area (TPSA) is 87.1 Å². The summed E-state index contributed by atoms with van der Waals surface area (Å²) in [5.74, 6) is -1.31. The van der Waals surface area contributed by atoms with E-state index in [0.29, 0.717) is 18.7 Å². The van der Waals surface area contributed by atoms with Gasteiger partial charge in [-0.05, 0) is 38.4 Å². The highest BCUT2D eigenvalue weighted by Gasteiger charge is 2.15. The van der Waals surface area contributed by atoms with Crippen LogP contribution < -0.4 is 0 Å². The molecular weight excluding hydrogens is 346 g/mol. The molecule has 2 aliphatic rings. The van der Waals surface area contributed by atoms with E-state index in [0.717, 1.165) is 13.1 Å². The summed E-state index contributed by atoms with van der Waals surface area (Å²) in [4.78, 5) is 23.3. The second-order valence-corrected chi connectivity index (χ2v) is 6.71. The summed E-state index contributed by atoms with van der Waals surface area (Å²) in [6.07, 6.45) is 8.54. The van der Waals surface area contributed by atoms with E-state index in [-0.39, 0.29) is 5.97 Å². The number of hydrogen-bond acceptors (Lipinski definition) is 5. The Morgan fingerprint density at radius 3 is 1.96 bits per heavy atom. The van der Waals surface area contributed by atoms with Crippen molar-refractivity contribution in [2.24, 2.45) is 0 Å². The molecule has 1 aromatic rings. The minimum atomic E-state index is -1.41. The third kappa shape index (κ3) is 10.7. The number of esters is 1. The van der Waals surface area contributed by atoms with E-state index < -0.39 is 12.1 Å². The van der Waals surface area contributed by atoms with Crippen molar-refractivity contribution in [2.75, 3.05) is 26.2 Å². The maximum Gasteiger partial charge on any atom is 0.337 e. The maximum absolute atomic E-state index is 10.9. The van der Waals surface area contributed by atoms with Gasteiger partial charge in [0.25, 0.3) is 0 Å². The number of carboxylic acids is 1. The molecule has 6 nitrogen and oxygen atoms in total. The zero-order chi connectivity index (χ0) is 19.9. The Balaban J connectivity index is 0.000000216. The van der Waals surface area contributed by atoms with E-state index in [2.05, 4.69) is 4.90 Å². The number of carbonyl (C=O) groups is 2. The third-order valence-corrected chi connectivity index (χ3v) is 4.46. The molecule has 6 heteroatoms. The van der Waals surface area contributed by atoms with Crippen molar-refractivity contribution in [3.05, 3.63) is 35.9 Å². The summed E-state index contributed by atoms with van der Waals surface area (Å²) in [6.45, 7) is 4.92. The maximum atomic E-state index is 10.9. The summed E-state index contributed by atoms with van der Waals surface area (Å²) in [6, 6.07) is 8.26. The van der Waals surface area contributed by atoms with Crippen LogP contribution in [-0.2, 0) is 14.3 Å². The fourth-order valence-electron chi connectivity index (χ4n) is 2.99. The van der Waals surface area contributed by atoms with Crippen molar-refractivity contribution in [1.82, 2.24) is 4.90 Å². The Bertz CT molecular complexity index is 517. The molecule has 2 fully saturated rings. The summed E-state index contributed by atoms with van der Waals surface area (Å²) in [7, 11) is 0. The van der Waals surface area contributed by atoms with Gasteiger partial charge in [0.15, 0.2) is 6.10 Å². The second-order valence-electron chi connectivity index (χ2n) is 6.71. The van der Waals surface area contributed by atoms with Gasteiger partial charge in [-0.3, -0.25) is 9.69 Å². The Labute approximate surface area is 162 Å².